The first-order valence-electron chi connectivity index (χ1n) is 7.72. The zero-order valence-corrected chi connectivity index (χ0v) is 12.7. The molecule has 0 spiro atoms. The van der Waals surface area contributed by atoms with Crippen molar-refractivity contribution in [2.75, 3.05) is 24.8 Å². The molecule has 3 heterocycles. The number of hydroxylamine groups is 1. The van der Waals surface area contributed by atoms with E-state index in [1.807, 2.05) is 25.1 Å². The molecule has 0 bridgehead atoms. The van der Waals surface area contributed by atoms with Crippen LogP contribution in [-0.4, -0.2) is 44.0 Å². The van der Waals surface area contributed by atoms with Crippen LogP contribution in [0.1, 0.15) is 12.5 Å². The molecule has 7 heteroatoms. The number of hydrogen-bond acceptors (Lipinski definition) is 5. The van der Waals surface area contributed by atoms with Crippen LogP contribution in [0.3, 0.4) is 0 Å². The first-order chi connectivity index (χ1) is 11.1. The third-order valence-electron chi connectivity index (χ3n) is 4.31. The fraction of sp³-hybridized carbons (Fsp3) is 0.438. The van der Waals surface area contributed by atoms with Gasteiger partial charge in [0.15, 0.2) is 0 Å². The molecule has 2 N–H and O–H groups in total. The lowest BCUT2D eigenvalue weighted by molar-refractivity contribution is 0.247. The molecule has 3 aliphatic rings. The summed E-state index contributed by atoms with van der Waals surface area (Å²) in [6, 6.07) is 5.12. The molecular formula is C16H18N3O4-. The average molecular weight is 316 g/mol. The second kappa shape index (κ2) is 5.43. The molecule has 122 valence electrons. The SMILES string of the molecule is CC1NC(=O)NC1C=C1CN([O-])c2cccc(OCC3CO3)c21. The van der Waals surface area contributed by atoms with Crippen molar-refractivity contribution in [1.29, 1.82) is 0 Å². The van der Waals surface area contributed by atoms with Gasteiger partial charge in [-0.3, -0.25) is 0 Å². The van der Waals surface area contributed by atoms with Gasteiger partial charge in [-0.05, 0) is 24.6 Å². The van der Waals surface area contributed by atoms with Crippen molar-refractivity contribution in [3.05, 3.63) is 35.0 Å². The van der Waals surface area contributed by atoms with E-state index in [-0.39, 0.29) is 30.8 Å². The number of urea groups is 1. The van der Waals surface area contributed by atoms with Gasteiger partial charge in [0.05, 0.1) is 18.7 Å². The number of rotatable bonds is 4. The first kappa shape index (κ1) is 14.3. The van der Waals surface area contributed by atoms with Crippen molar-refractivity contribution >= 4 is 17.3 Å². The Morgan fingerprint density at radius 1 is 1.48 bits per heavy atom. The van der Waals surface area contributed by atoms with Crippen LogP contribution in [0, 0.1) is 5.21 Å². The molecule has 0 radical (unpaired) electrons. The highest BCUT2D eigenvalue weighted by molar-refractivity contribution is 5.90. The predicted octanol–water partition coefficient (Wildman–Crippen LogP) is 1.24. The number of carbonyl (C=O) groups excluding carboxylic acids is 1. The molecule has 4 rings (SSSR count). The van der Waals surface area contributed by atoms with Crippen molar-refractivity contribution in [2.45, 2.75) is 25.1 Å². The second-order valence-electron chi connectivity index (χ2n) is 6.08. The molecule has 7 nitrogen and oxygen atoms in total. The summed E-state index contributed by atoms with van der Waals surface area (Å²) in [4.78, 5) is 11.4. The fourth-order valence-corrected chi connectivity index (χ4v) is 2.99. The Balaban J connectivity index is 1.65. The van der Waals surface area contributed by atoms with E-state index in [1.54, 1.807) is 6.07 Å². The maximum absolute atomic E-state index is 12.2. The molecule has 2 saturated heterocycles. The van der Waals surface area contributed by atoms with Gasteiger partial charge in [-0.1, -0.05) is 12.1 Å². The number of amides is 2. The van der Waals surface area contributed by atoms with Crippen LogP contribution in [0.4, 0.5) is 10.5 Å². The summed E-state index contributed by atoms with van der Waals surface area (Å²) in [5.41, 5.74) is 2.30. The third kappa shape index (κ3) is 2.73. The molecule has 3 aliphatic heterocycles. The topological polar surface area (TPSA) is 89.2 Å². The maximum atomic E-state index is 12.2. The third-order valence-corrected chi connectivity index (χ3v) is 4.31. The number of anilines is 1. The highest BCUT2D eigenvalue weighted by Gasteiger charge is 2.30. The number of nitrogens with zero attached hydrogens (tertiary/aromatic N) is 1. The van der Waals surface area contributed by atoms with E-state index in [2.05, 4.69) is 10.6 Å². The number of hydrogen-bond donors (Lipinski definition) is 2. The van der Waals surface area contributed by atoms with E-state index in [9.17, 15) is 10.0 Å². The Morgan fingerprint density at radius 3 is 3.00 bits per heavy atom. The molecule has 2 amide bonds. The summed E-state index contributed by atoms with van der Waals surface area (Å²) in [6.45, 7) is 3.40. The molecule has 3 atom stereocenters. The molecule has 1 aromatic rings. The molecule has 3 unspecified atom stereocenters. The molecule has 2 fully saturated rings. The predicted molar refractivity (Wildman–Crippen MR) is 85.3 cm³/mol. The summed E-state index contributed by atoms with van der Waals surface area (Å²) >= 11 is 0. The van der Waals surface area contributed by atoms with Gasteiger partial charge in [0.25, 0.3) is 0 Å². The van der Waals surface area contributed by atoms with Gasteiger partial charge in [0.2, 0.25) is 0 Å². The van der Waals surface area contributed by atoms with Crippen LogP contribution in [0.25, 0.3) is 5.57 Å². The largest absolute Gasteiger partial charge is 0.758 e. The Labute approximate surface area is 133 Å². The van der Waals surface area contributed by atoms with Crippen molar-refractivity contribution in [1.82, 2.24) is 10.6 Å². The minimum atomic E-state index is -0.188. The van der Waals surface area contributed by atoms with Gasteiger partial charge in [-0.15, -0.1) is 0 Å². The van der Waals surface area contributed by atoms with Crippen molar-refractivity contribution < 1.29 is 14.3 Å². The molecular weight excluding hydrogens is 298 g/mol. The highest BCUT2D eigenvalue weighted by Crippen LogP contribution is 2.41. The summed E-state index contributed by atoms with van der Waals surface area (Å²) < 4.78 is 11.0. The lowest BCUT2D eigenvalue weighted by atomic mass is 10.0. The van der Waals surface area contributed by atoms with Gasteiger partial charge >= 0.3 is 6.03 Å². The van der Waals surface area contributed by atoms with Gasteiger partial charge in [-0.25, -0.2) is 4.79 Å². The highest BCUT2D eigenvalue weighted by atomic mass is 16.6. The van der Waals surface area contributed by atoms with Gasteiger partial charge in [0.1, 0.15) is 18.5 Å². The van der Waals surface area contributed by atoms with Crippen LogP contribution in [0.2, 0.25) is 0 Å². The first-order valence-corrected chi connectivity index (χ1v) is 7.72. The van der Waals surface area contributed by atoms with Crippen LogP contribution < -0.4 is 20.4 Å². The zero-order valence-electron chi connectivity index (χ0n) is 12.7. The molecule has 0 saturated carbocycles. The molecule has 0 aromatic heterocycles. The fourth-order valence-electron chi connectivity index (χ4n) is 2.99. The number of ether oxygens (including phenoxy) is 2. The van der Waals surface area contributed by atoms with Crippen molar-refractivity contribution in [3.8, 4) is 5.75 Å². The average Bonchev–Trinajstić information content (AvgIpc) is 3.22. The number of carbonyl (C=O) groups is 1. The van der Waals surface area contributed by atoms with E-state index in [4.69, 9.17) is 9.47 Å². The number of fused-ring (bicyclic) bond motifs is 1. The monoisotopic (exact) mass is 316 g/mol. The summed E-state index contributed by atoms with van der Waals surface area (Å²) in [5, 5.41) is 18.8. The van der Waals surface area contributed by atoms with E-state index >= 15 is 0 Å². The Kier molecular flexibility index (Phi) is 3.39. The maximum Gasteiger partial charge on any atom is 0.315 e. The summed E-state index contributed by atoms with van der Waals surface area (Å²) in [5.74, 6) is 0.688. The van der Waals surface area contributed by atoms with Crippen LogP contribution >= 0.6 is 0 Å². The normalized spacial score (nSPS) is 30.2. The number of benzene rings is 1. The number of nitrogens with one attached hydrogen (secondary N) is 2. The van der Waals surface area contributed by atoms with Crippen LogP contribution in [0.5, 0.6) is 5.75 Å². The molecule has 23 heavy (non-hydrogen) atoms. The van der Waals surface area contributed by atoms with Crippen molar-refractivity contribution in [2.24, 2.45) is 0 Å². The summed E-state index contributed by atoms with van der Waals surface area (Å²) in [7, 11) is 0. The summed E-state index contributed by atoms with van der Waals surface area (Å²) in [6.07, 6.45) is 2.10. The van der Waals surface area contributed by atoms with E-state index in [1.165, 1.54) is 0 Å². The Hall–Kier alpha value is -2.25. The lowest BCUT2D eigenvalue weighted by Gasteiger charge is -2.24. The standard InChI is InChI=1S/C16H18N3O4/c1-9-12(18-16(20)17-9)5-10-6-19(21)13-3-2-4-14(15(10)13)23-8-11-7-22-11/h2-5,9,11-12H,6-8H2,1H3,(H2,17,18,20)/q-1. The Bertz CT molecular complexity index is 671. The molecule has 0 aliphatic carbocycles. The minimum absolute atomic E-state index is 0.0212. The Morgan fingerprint density at radius 2 is 2.30 bits per heavy atom. The van der Waals surface area contributed by atoms with Gasteiger partial charge in [0, 0.05) is 17.8 Å². The van der Waals surface area contributed by atoms with Gasteiger partial charge < -0.3 is 30.4 Å². The van der Waals surface area contributed by atoms with E-state index in [0.29, 0.717) is 18.0 Å². The van der Waals surface area contributed by atoms with E-state index in [0.717, 1.165) is 22.8 Å². The zero-order chi connectivity index (χ0) is 16.0. The quantitative estimate of drug-likeness (QED) is 0.816. The van der Waals surface area contributed by atoms with Crippen molar-refractivity contribution in [3.63, 3.8) is 0 Å². The van der Waals surface area contributed by atoms with Crippen LogP contribution in [0.15, 0.2) is 24.3 Å². The number of epoxide rings is 1. The van der Waals surface area contributed by atoms with Gasteiger partial charge in [-0.2, -0.15) is 0 Å². The molecule has 1 aromatic carbocycles. The van der Waals surface area contributed by atoms with Crippen LogP contribution in [-0.2, 0) is 4.74 Å². The second-order valence-corrected chi connectivity index (χ2v) is 6.08. The minimum Gasteiger partial charge on any atom is -0.758 e. The smallest absolute Gasteiger partial charge is 0.315 e. The van der Waals surface area contributed by atoms with E-state index < -0.39 is 0 Å². The lowest BCUT2D eigenvalue weighted by Crippen LogP contribution is -2.29.